The van der Waals surface area contributed by atoms with Crippen LogP contribution in [0.5, 0.6) is 0 Å². The van der Waals surface area contributed by atoms with Crippen LogP contribution in [-0.4, -0.2) is 34.6 Å². The average Bonchev–Trinajstić information content (AvgIpc) is 2.67. The minimum Gasteiger partial charge on any atom is -0.379 e. The second-order valence-electron chi connectivity index (χ2n) is 7.85. The molecule has 1 amide bonds. The van der Waals surface area contributed by atoms with Crippen LogP contribution in [0, 0.1) is 0 Å². The molecule has 1 saturated heterocycles. The first-order valence-electron chi connectivity index (χ1n) is 9.83. The van der Waals surface area contributed by atoms with Crippen LogP contribution in [0.1, 0.15) is 49.3 Å². The quantitative estimate of drug-likeness (QED) is 0.789. The lowest BCUT2D eigenvalue weighted by Gasteiger charge is -2.38. The van der Waals surface area contributed by atoms with Crippen LogP contribution in [0.2, 0.25) is 0 Å². The summed E-state index contributed by atoms with van der Waals surface area (Å²) in [6.45, 7) is 6.53. The van der Waals surface area contributed by atoms with Crippen molar-refractivity contribution in [1.29, 1.82) is 0 Å². The van der Waals surface area contributed by atoms with Gasteiger partial charge in [0.05, 0.1) is 0 Å². The van der Waals surface area contributed by atoms with Gasteiger partial charge < -0.3 is 15.3 Å². The molecule has 4 nitrogen and oxygen atoms in total. The second kappa shape index (κ2) is 8.68. The first-order chi connectivity index (χ1) is 13.0. The minimum absolute atomic E-state index is 0.165. The number of nitrogens with zero attached hydrogens (tertiary/aromatic N) is 1. The normalized spacial score (nSPS) is 20.3. The summed E-state index contributed by atoms with van der Waals surface area (Å²) < 4.78 is 0. The van der Waals surface area contributed by atoms with E-state index in [9.17, 15) is 9.90 Å². The van der Waals surface area contributed by atoms with E-state index in [2.05, 4.69) is 43.4 Å². The highest BCUT2D eigenvalue weighted by molar-refractivity contribution is 5.86. The SMILES string of the molecule is CC(C)c1ccc(CN2CCC[C@](O)(CNCc3ccccc3)C2=O)cc1. The molecule has 2 aromatic rings. The summed E-state index contributed by atoms with van der Waals surface area (Å²) in [7, 11) is 0. The number of hydrogen-bond donors (Lipinski definition) is 2. The van der Waals surface area contributed by atoms with Crippen LogP contribution < -0.4 is 5.32 Å². The van der Waals surface area contributed by atoms with Crippen LogP contribution in [0.25, 0.3) is 0 Å². The molecule has 2 aromatic carbocycles. The summed E-state index contributed by atoms with van der Waals surface area (Å²) in [6.07, 6.45) is 1.33. The number of amides is 1. The molecule has 1 heterocycles. The highest BCUT2D eigenvalue weighted by Crippen LogP contribution is 2.24. The maximum Gasteiger partial charge on any atom is 0.256 e. The second-order valence-corrected chi connectivity index (χ2v) is 7.85. The largest absolute Gasteiger partial charge is 0.379 e. The lowest BCUT2D eigenvalue weighted by Crippen LogP contribution is -2.57. The maximum absolute atomic E-state index is 12.9. The molecule has 0 saturated carbocycles. The molecule has 1 atom stereocenters. The number of aliphatic hydroxyl groups is 1. The van der Waals surface area contributed by atoms with Crippen molar-refractivity contribution >= 4 is 5.91 Å². The summed E-state index contributed by atoms with van der Waals surface area (Å²) in [5.74, 6) is 0.332. The Hall–Kier alpha value is -2.17. The van der Waals surface area contributed by atoms with Gasteiger partial charge in [-0.05, 0) is 35.4 Å². The van der Waals surface area contributed by atoms with E-state index in [-0.39, 0.29) is 12.5 Å². The third-order valence-corrected chi connectivity index (χ3v) is 5.31. The van der Waals surface area contributed by atoms with Crippen molar-refractivity contribution in [2.45, 2.75) is 51.3 Å². The summed E-state index contributed by atoms with van der Waals surface area (Å²) in [5, 5.41) is 14.2. The summed E-state index contributed by atoms with van der Waals surface area (Å²) in [5.41, 5.74) is 2.23. The van der Waals surface area contributed by atoms with E-state index in [1.165, 1.54) is 5.56 Å². The zero-order valence-electron chi connectivity index (χ0n) is 16.3. The van der Waals surface area contributed by atoms with E-state index in [4.69, 9.17) is 0 Å². The average molecular weight is 367 g/mol. The predicted molar refractivity (Wildman–Crippen MR) is 108 cm³/mol. The molecule has 0 aliphatic carbocycles. The number of piperidine rings is 1. The van der Waals surface area contributed by atoms with E-state index in [1.807, 2.05) is 30.3 Å². The molecule has 0 unspecified atom stereocenters. The van der Waals surface area contributed by atoms with Crippen molar-refractivity contribution in [1.82, 2.24) is 10.2 Å². The molecule has 27 heavy (non-hydrogen) atoms. The van der Waals surface area contributed by atoms with Crippen LogP contribution in [0.4, 0.5) is 0 Å². The van der Waals surface area contributed by atoms with E-state index in [1.54, 1.807) is 4.90 Å². The topological polar surface area (TPSA) is 52.6 Å². The van der Waals surface area contributed by atoms with Crippen LogP contribution in [-0.2, 0) is 17.9 Å². The molecule has 4 heteroatoms. The molecule has 3 rings (SSSR count). The van der Waals surface area contributed by atoms with Gasteiger partial charge in [-0.2, -0.15) is 0 Å². The van der Waals surface area contributed by atoms with Crippen LogP contribution in [0.3, 0.4) is 0 Å². The molecular weight excluding hydrogens is 336 g/mol. The van der Waals surface area contributed by atoms with Crippen molar-refractivity contribution < 1.29 is 9.90 Å². The van der Waals surface area contributed by atoms with Crippen LogP contribution >= 0.6 is 0 Å². The van der Waals surface area contributed by atoms with Gasteiger partial charge in [0, 0.05) is 26.2 Å². The van der Waals surface area contributed by atoms with Crippen molar-refractivity contribution in [2.24, 2.45) is 0 Å². The lowest BCUT2D eigenvalue weighted by atomic mass is 9.91. The number of benzene rings is 2. The monoisotopic (exact) mass is 366 g/mol. The Morgan fingerprint density at radius 1 is 1.07 bits per heavy atom. The van der Waals surface area contributed by atoms with Gasteiger partial charge in [0.25, 0.3) is 5.91 Å². The van der Waals surface area contributed by atoms with Crippen molar-refractivity contribution in [3.63, 3.8) is 0 Å². The molecule has 144 valence electrons. The number of rotatable bonds is 7. The molecule has 0 spiro atoms. The van der Waals surface area contributed by atoms with E-state index in [0.29, 0.717) is 32.0 Å². The number of carbonyl (C=O) groups excluding carboxylic acids is 1. The van der Waals surface area contributed by atoms with Gasteiger partial charge in [0.15, 0.2) is 5.60 Å². The fraction of sp³-hybridized carbons (Fsp3) is 0.435. The van der Waals surface area contributed by atoms with Gasteiger partial charge >= 0.3 is 0 Å². The van der Waals surface area contributed by atoms with Gasteiger partial charge in [0.1, 0.15) is 0 Å². The van der Waals surface area contributed by atoms with Crippen molar-refractivity contribution in [3.05, 3.63) is 71.3 Å². The fourth-order valence-corrected chi connectivity index (χ4v) is 3.62. The van der Waals surface area contributed by atoms with E-state index in [0.717, 1.165) is 17.5 Å². The molecule has 0 radical (unpaired) electrons. The smallest absolute Gasteiger partial charge is 0.256 e. The van der Waals surface area contributed by atoms with Gasteiger partial charge in [-0.25, -0.2) is 0 Å². The third-order valence-electron chi connectivity index (χ3n) is 5.31. The molecule has 1 aliphatic heterocycles. The summed E-state index contributed by atoms with van der Waals surface area (Å²) in [4.78, 5) is 14.7. The molecule has 1 fully saturated rings. The van der Waals surface area contributed by atoms with Crippen molar-refractivity contribution in [3.8, 4) is 0 Å². The molecular formula is C23H30N2O2. The standard InChI is InChI=1S/C23H30N2O2/c1-18(2)21-11-9-20(10-12-21)16-25-14-6-13-23(27,22(25)26)17-24-15-19-7-4-3-5-8-19/h3-5,7-12,18,24,27H,6,13-17H2,1-2H3/t23-/m0/s1. The Morgan fingerprint density at radius 3 is 2.44 bits per heavy atom. The molecule has 1 aliphatic rings. The zero-order valence-corrected chi connectivity index (χ0v) is 16.3. The number of hydrogen-bond acceptors (Lipinski definition) is 3. The van der Waals surface area contributed by atoms with E-state index < -0.39 is 5.60 Å². The predicted octanol–water partition coefficient (Wildman–Crippen LogP) is 3.45. The molecule has 0 aromatic heterocycles. The number of nitrogens with one attached hydrogen (secondary N) is 1. The molecule has 2 N–H and O–H groups in total. The van der Waals surface area contributed by atoms with Gasteiger partial charge in [-0.1, -0.05) is 68.4 Å². The van der Waals surface area contributed by atoms with Gasteiger partial charge in [-0.3, -0.25) is 4.79 Å². The minimum atomic E-state index is -1.31. The van der Waals surface area contributed by atoms with E-state index >= 15 is 0 Å². The van der Waals surface area contributed by atoms with Crippen molar-refractivity contribution in [2.75, 3.05) is 13.1 Å². The first kappa shape index (κ1) is 19.6. The highest BCUT2D eigenvalue weighted by atomic mass is 16.3. The fourth-order valence-electron chi connectivity index (χ4n) is 3.62. The Balaban J connectivity index is 1.58. The lowest BCUT2D eigenvalue weighted by molar-refractivity contribution is -0.157. The Morgan fingerprint density at radius 2 is 1.78 bits per heavy atom. The Labute approximate surface area is 162 Å². The van der Waals surface area contributed by atoms with Crippen LogP contribution in [0.15, 0.2) is 54.6 Å². The Bertz CT molecular complexity index is 743. The number of carbonyl (C=O) groups is 1. The zero-order chi connectivity index (χ0) is 19.3. The Kier molecular flexibility index (Phi) is 6.30. The summed E-state index contributed by atoms with van der Waals surface area (Å²) in [6, 6.07) is 18.5. The van der Waals surface area contributed by atoms with Gasteiger partial charge in [-0.15, -0.1) is 0 Å². The third kappa shape index (κ3) is 4.96. The van der Waals surface area contributed by atoms with Gasteiger partial charge in [0.2, 0.25) is 0 Å². The first-order valence-corrected chi connectivity index (χ1v) is 9.83. The maximum atomic E-state index is 12.9. The number of likely N-dealkylation sites (tertiary alicyclic amines) is 1. The summed E-state index contributed by atoms with van der Waals surface area (Å²) >= 11 is 0. The molecule has 0 bridgehead atoms. The highest BCUT2D eigenvalue weighted by Gasteiger charge is 2.41.